The van der Waals surface area contributed by atoms with E-state index in [0.717, 1.165) is 24.8 Å². The van der Waals surface area contributed by atoms with Crippen LogP contribution >= 0.6 is 0 Å². The lowest BCUT2D eigenvalue weighted by molar-refractivity contribution is -0.151. The molecular weight excluding hydrogens is 272 g/mol. The molecule has 0 saturated heterocycles. The third-order valence-corrected chi connectivity index (χ3v) is 4.32. The van der Waals surface area contributed by atoms with Crippen molar-refractivity contribution in [1.82, 2.24) is 10.1 Å². The van der Waals surface area contributed by atoms with Gasteiger partial charge in [-0.3, -0.25) is 4.79 Å². The van der Waals surface area contributed by atoms with Gasteiger partial charge in [0.2, 0.25) is 11.7 Å². The molecule has 0 amide bonds. The second-order valence-corrected chi connectivity index (χ2v) is 5.73. The van der Waals surface area contributed by atoms with Gasteiger partial charge in [-0.2, -0.15) is 4.98 Å². The van der Waals surface area contributed by atoms with Crippen molar-refractivity contribution in [2.45, 2.75) is 45.4 Å². The van der Waals surface area contributed by atoms with E-state index in [-0.39, 0.29) is 0 Å². The first-order chi connectivity index (χ1) is 10.1. The number of carboxylic acids is 1. The highest BCUT2D eigenvalue weighted by Crippen LogP contribution is 2.39. The Morgan fingerprint density at radius 3 is 2.76 bits per heavy atom. The van der Waals surface area contributed by atoms with Crippen molar-refractivity contribution < 1.29 is 18.8 Å². The third-order valence-electron chi connectivity index (χ3n) is 4.32. The van der Waals surface area contributed by atoms with Crippen molar-refractivity contribution in [3.05, 3.63) is 24.0 Å². The molecule has 0 unspecified atom stereocenters. The van der Waals surface area contributed by atoms with Crippen molar-refractivity contribution in [3.63, 3.8) is 0 Å². The molecule has 2 heterocycles. The monoisotopic (exact) mass is 290 g/mol. The highest BCUT2D eigenvalue weighted by molar-refractivity contribution is 5.75. The average molecular weight is 290 g/mol. The number of aromatic nitrogens is 2. The van der Waals surface area contributed by atoms with Crippen LogP contribution in [0.5, 0.6) is 0 Å². The summed E-state index contributed by atoms with van der Waals surface area (Å²) in [7, 11) is 0. The molecule has 1 N–H and O–H groups in total. The van der Waals surface area contributed by atoms with Crippen LogP contribution in [0, 0.1) is 12.3 Å². The minimum absolute atomic E-state index is 0.298. The van der Waals surface area contributed by atoms with E-state index >= 15 is 0 Å². The van der Waals surface area contributed by atoms with E-state index < -0.39 is 11.4 Å². The summed E-state index contributed by atoms with van der Waals surface area (Å²) >= 11 is 0. The molecule has 112 valence electrons. The van der Waals surface area contributed by atoms with Crippen LogP contribution < -0.4 is 0 Å². The van der Waals surface area contributed by atoms with Crippen LogP contribution in [0.1, 0.15) is 43.8 Å². The van der Waals surface area contributed by atoms with Gasteiger partial charge in [0.15, 0.2) is 0 Å². The topological polar surface area (TPSA) is 89.4 Å². The summed E-state index contributed by atoms with van der Waals surface area (Å²) in [6.45, 7) is 1.82. The fraction of sp³-hybridized carbons (Fsp3) is 0.533. The van der Waals surface area contributed by atoms with Crippen molar-refractivity contribution in [2.24, 2.45) is 5.41 Å². The number of rotatable bonds is 4. The standard InChI is InChI=1S/C15H18N2O4/c1-10-11(5-8-20-10)13-16-12(21-17-13)9-15(14(18)19)6-3-2-4-7-15/h5,8H,2-4,6-7,9H2,1H3,(H,18,19). The first kappa shape index (κ1) is 13.9. The van der Waals surface area contributed by atoms with Gasteiger partial charge in [-0.25, -0.2) is 0 Å². The molecule has 3 rings (SSSR count). The number of hydrogen-bond acceptors (Lipinski definition) is 5. The van der Waals surface area contributed by atoms with Crippen molar-refractivity contribution >= 4 is 5.97 Å². The average Bonchev–Trinajstić information content (AvgIpc) is 3.08. The first-order valence-electron chi connectivity index (χ1n) is 7.21. The van der Waals surface area contributed by atoms with E-state index in [0.29, 0.717) is 36.7 Å². The van der Waals surface area contributed by atoms with Gasteiger partial charge in [-0.05, 0) is 25.8 Å². The van der Waals surface area contributed by atoms with Crippen molar-refractivity contribution in [2.75, 3.05) is 0 Å². The molecule has 1 fully saturated rings. The minimum Gasteiger partial charge on any atom is -0.481 e. The van der Waals surface area contributed by atoms with Crippen LogP contribution in [-0.2, 0) is 11.2 Å². The molecular formula is C15H18N2O4. The van der Waals surface area contributed by atoms with Gasteiger partial charge >= 0.3 is 5.97 Å². The zero-order chi connectivity index (χ0) is 14.9. The molecule has 1 aliphatic carbocycles. The quantitative estimate of drug-likeness (QED) is 0.929. The molecule has 21 heavy (non-hydrogen) atoms. The minimum atomic E-state index is -0.763. The zero-order valence-corrected chi connectivity index (χ0v) is 12.0. The number of carbonyl (C=O) groups is 1. The van der Waals surface area contributed by atoms with Gasteiger partial charge in [0, 0.05) is 6.42 Å². The van der Waals surface area contributed by atoms with Crippen LogP contribution in [0.2, 0.25) is 0 Å². The Bertz CT molecular complexity index is 638. The largest absolute Gasteiger partial charge is 0.481 e. The van der Waals surface area contributed by atoms with E-state index in [4.69, 9.17) is 8.94 Å². The molecule has 2 aromatic rings. The van der Waals surface area contributed by atoms with Gasteiger partial charge in [0.05, 0.1) is 17.2 Å². The maximum atomic E-state index is 11.7. The normalized spacial score (nSPS) is 17.8. The lowest BCUT2D eigenvalue weighted by Gasteiger charge is -2.31. The Labute approximate surface area is 122 Å². The molecule has 0 radical (unpaired) electrons. The molecule has 1 aliphatic rings. The number of nitrogens with zero attached hydrogens (tertiary/aromatic N) is 2. The number of aryl methyl sites for hydroxylation is 1. The van der Waals surface area contributed by atoms with Crippen LogP contribution in [-0.4, -0.2) is 21.2 Å². The number of carboxylic acid groups (broad SMARTS) is 1. The van der Waals surface area contributed by atoms with Gasteiger partial charge in [0.1, 0.15) is 5.76 Å². The number of hydrogen-bond donors (Lipinski definition) is 1. The second-order valence-electron chi connectivity index (χ2n) is 5.73. The predicted octanol–water partition coefficient (Wildman–Crippen LogP) is 3.22. The maximum Gasteiger partial charge on any atom is 0.310 e. The molecule has 2 aromatic heterocycles. The summed E-state index contributed by atoms with van der Waals surface area (Å²) in [5.41, 5.74) is 0.0195. The Morgan fingerprint density at radius 2 is 2.14 bits per heavy atom. The van der Waals surface area contributed by atoms with Gasteiger partial charge in [0.25, 0.3) is 0 Å². The molecule has 6 nitrogen and oxygen atoms in total. The lowest BCUT2D eigenvalue weighted by atomic mass is 9.72. The van der Waals surface area contributed by atoms with E-state index in [1.165, 1.54) is 0 Å². The molecule has 0 aromatic carbocycles. The molecule has 0 aliphatic heterocycles. The Kier molecular flexibility index (Phi) is 3.53. The molecule has 0 spiro atoms. The Hall–Kier alpha value is -2.11. The third kappa shape index (κ3) is 2.57. The lowest BCUT2D eigenvalue weighted by Crippen LogP contribution is -2.35. The molecule has 6 heteroatoms. The van der Waals surface area contributed by atoms with Crippen molar-refractivity contribution in [1.29, 1.82) is 0 Å². The number of furan rings is 1. The van der Waals surface area contributed by atoms with Gasteiger partial charge in [-0.15, -0.1) is 0 Å². The smallest absolute Gasteiger partial charge is 0.310 e. The summed E-state index contributed by atoms with van der Waals surface area (Å²) in [5, 5.41) is 13.5. The SMILES string of the molecule is Cc1occc1-c1noc(CC2(C(=O)O)CCCCC2)n1. The van der Waals surface area contributed by atoms with E-state index in [1.54, 1.807) is 12.3 Å². The van der Waals surface area contributed by atoms with Crippen molar-refractivity contribution in [3.8, 4) is 11.4 Å². The fourth-order valence-corrected chi connectivity index (χ4v) is 3.04. The Morgan fingerprint density at radius 1 is 1.38 bits per heavy atom. The van der Waals surface area contributed by atoms with Gasteiger partial charge < -0.3 is 14.0 Å². The van der Waals surface area contributed by atoms with E-state index in [1.807, 2.05) is 6.92 Å². The predicted molar refractivity (Wildman–Crippen MR) is 73.6 cm³/mol. The fourth-order valence-electron chi connectivity index (χ4n) is 3.04. The van der Waals surface area contributed by atoms with Crippen LogP contribution in [0.3, 0.4) is 0 Å². The summed E-state index contributed by atoms with van der Waals surface area (Å²) in [5.74, 6) is 0.789. The first-order valence-corrected chi connectivity index (χ1v) is 7.21. The maximum absolute atomic E-state index is 11.7. The highest BCUT2D eigenvalue weighted by atomic mass is 16.5. The second kappa shape index (κ2) is 5.35. The van der Waals surface area contributed by atoms with E-state index in [2.05, 4.69) is 10.1 Å². The highest BCUT2D eigenvalue weighted by Gasteiger charge is 2.41. The molecule has 0 atom stereocenters. The summed E-state index contributed by atoms with van der Waals surface area (Å²) < 4.78 is 10.5. The Balaban J connectivity index is 1.83. The van der Waals surface area contributed by atoms with Gasteiger partial charge in [-0.1, -0.05) is 24.4 Å². The molecule has 1 saturated carbocycles. The summed E-state index contributed by atoms with van der Waals surface area (Å²) in [4.78, 5) is 16.0. The van der Waals surface area contributed by atoms with Crippen LogP contribution in [0.25, 0.3) is 11.4 Å². The number of aliphatic carboxylic acids is 1. The van der Waals surface area contributed by atoms with Crippen LogP contribution in [0.4, 0.5) is 0 Å². The zero-order valence-electron chi connectivity index (χ0n) is 12.0. The summed E-state index contributed by atoms with van der Waals surface area (Å²) in [6.07, 6.45) is 6.18. The molecule has 0 bridgehead atoms. The summed E-state index contributed by atoms with van der Waals surface area (Å²) in [6, 6.07) is 1.78. The van der Waals surface area contributed by atoms with E-state index in [9.17, 15) is 9.90 Å². The van der Waals surface area contributed by atoms with Crippen LogP contribution in [0.15, 0.2) is 21.3 Å².